The molecule has 0 spiro atoms. The molecule has 0 saturated carbocycles. The summed E-state index contributed by atoms with van der Waals surface area (Å²) in [5.74, 6) is -0.670. The number of aromatic hydroxyl groups is 1. The van der Waals surface area contributed by atoms with Crippen molar-refractivity contribution in [3.8, 4) is 5.75 Å². The summed E-state index contributed by atoms with van der Waals surface area (Å²) in [6.45, 7) is 3.75. The summed E-state index contributed by atoms with van der Waals surface area (Å²) in [6, 6.07) is 12.0. The van der Waals surface area contributed by atoms with Gasteiger partial charge < -0.3 is 9.84 Å². The number of phenolic OH excluding ortho intramolecular Hbond substituents is 1. The highest BCUT2D eigenvalue weighted by molar-refractivity contribution is 7.89. The highest BCUT2D eigenvalue weighted by Crippen LogP contribution is 2.41. The summed E-state index contributed by atoms with van der Waals surface area (Å²) < 4.78 is 32.7. The van der Waals surface area contributed by atoms with Crippen LogP contribution in [0.1, 0.15) is 24.1 Å². The summed E-state index contributed by atoms with van der Waals surface area (Å²) in [5.41, 5.74) is 1.48. The largest absolute Gasteiger partial charge is 0.508 e. The number of sulfonamides is 1. The van der Waals surface area contributed by atoms with Gasteiger partial charge in [-0.3, -0.25) is 0 Å². The molecule has 0 aromatic heterocycles. The van der Waals surface area contributed by atoms with E-state index in [2.05, 4.69) is 0 Å². The molecule has 6 nitrogen and oxygen atoms in total. The van der Waals surface area contributed by atoms with Gasteiger partial charge in [0.05, 0.1) is 23.1 Å². The Kier molecular flexibility index (Phi) is 5.34. The second-order valence-electron chi connectivity index (χ2n) is 6.23. The van der Waals surface area contributed by atoms with Crippen LogP contribution in [0.4, 0.5) is 0 Å². The van der Waals surface area contributed by atoms with Crippen molar-refractivity contribution >= 4 is 16.0 Å². The third-order valence-electron chi connectivity index (χ3n) is 4.44. The number of ether oxygens (including phenoxy) is 1. The number of hydrogen-bond donors (Lipinski definition) is 1. The van der Waals surface area contributed by atoms with E-state index >= 15 is 0 Å². The molecule has 1 N–H and O–H groups in total. The number of esters is 1. The molecule has 0 bridgehead atoms. The molecule has 0 radical (unpaired) electrons. The summed E-state index contributed by atoms with van der Waals surface area (Å²) in [7, 11) is -3.89. The van der Waals surface area contributed by atoms with E-state index in [1.54, 1.807) is 43.3 Å². The Morgan fingerprint density at radius 1 is 1.19 bits per heavy atom. The normalized spacial score (nSPS) is 17.6. The van der Waals surface area contributed by atoms with Gasteiger partial charge in [-0.15, -0.1) is 0 Å². The molecule has 7 heteroatoms. The highest BCUT2D eigenvalue weighted by atomic mass is 32.2. The van der Waals surface area contributed by atoms with Gasteiger partial charge in [0, 0.05) is 12.1 Å². The SMILES string of the molecule is CCOC(=O)C1=CCN(S(=O)(=O)c2ccc(C)cc2)C1c1ccccc1O. The number of aryl methyl sites for hydroxylation is 1. The molecule has 0 fully saturated rings. The van der Waals surface area contributed by atoms with Crippen LogP contribution in [-0.2, 0) is 19.6 Å². The minimum Gasteiger partial charge on any atom is -0.508 e. The Labute approximate surface area is 158 Å². The molecule has 1 aliphatic heterocycles. The molecule has 27 heavy (non-hydrogen) atoms. The third kappa shape index (κ3) is 3.61. The van der Waals surface area contributed by atoms with Gasteiger partial charge in [0.15, 0.2) is 0 Å². The molecule has 1 atom stereocenters. The Bertz CT molecular complexity index is 980. The maximum atomic E-state index is 13.2. The molecule has 1 heterocycles. The average Bonchev–Trinajstić information content (AvgIpc) is 3.08. The van der Waals surface area contributed by atoms with Crippen LogP contribution in [0.5, 0.6) is 5.75 Å². The number of carbonyl (C=O) groups excluding carboxylic acids is 1. The molecule has 0 aliphatic carbocycles. The van der Waals surface area contributed by atoms with E-state index in [0.717, 1.165) is 5.56 Å². The molecule has 2 aromatic carbocycles. The predicted molar refractivity (Wildman–Crippen MR) is 101 cm³/mol. The number of rotatable bonds is 5. The molecular formula is C20H21NO5S. The van der Waals surface area contributed by atoms with Crippen molar-refractivity contribution in [2.24, 2.45) is 0 Å². The number of para-hydroxylation sites is 1. The van der Waals surface area contributed by atoms with Crippen LogP contribution >= 0.6 is 0 Å². The fourth-order valence-electron chi connectivity index (χ4n) is 3.09. The van der Waals surface area contributed by atoms with Crippen molar-refractivity contribution in [2.75, 3.05) is 13.2 Å². The van der Waals surface area contributed by atoms with Crippen LogP contribution in [0.2, 0.25) is 0 Å². The standard InChI is InChI=1S/C20H21NO5S/c1-3-26-20(23)17-12-13-21(19(17)16-6-4-5-7-18(16)22)27(24,25)15-10-8-14(2)9-11-15/h4-12,19,22H,3,13H2,1-2H3. The maximum Gasteiger partial charge on any atom is 0.335 e. The van der Waals surface area contributed by atoms with E-state index in [9.17, 15) is 18.3 Å². The molecule has 142 valence electrons. The Morgan fingerprint density at radius 2 is 1.85 bits per heavy atom. The quantitative estimate of drug-likeness (QED) is 0.798. The van der Waals surface area contributed by atoms with Crippen LogP contribution in [0, 0.1) is 6.92 Å². The summed E-state index contributed by atoms with van der Waals surface area (Å²) >= 11 is 0. The molecule has 3 rings (SSSR count). The van der Waals surface area contributed by atoms with Gasteiger partial charge in [0.2, 0.25) is 10.0 Å². The van der Waals surface area contributed by atoms with Crippen LogP contribution in [0.3, 0.4) is 0 Å². The van der Waals surface area contributed by atoms with Crippen LogP contribution in [0.15, 0.2) is 65.1 Å². The lowest BCUT2D eigenvalue weighted by Gasteiger charge is -2.27. The van der Waals surface area contributed by atoms with Crippen molar-refractivity contribution in [3.63, 3.8) is 0 Å². The number of hydrogen-bond acceptors (Lipinski definition) is 5. The molecule has 1 aliphatic rings. The first-order valence-corrected chi connectivity index (χ1v) is 10.0. The van der Waals surface area contributed by atoms with E-state index in [4.69, 9.17) is 4.74 Å². The Hall–Kier alpha value is -2.64. The smallest absolute Gasteiger partial charge is 0.335 e. The summed E-state index contributed by atoms with van der Waals surface area (Å²) in [4.78, 5) is 12.5. The van der Waals surface area contributed by atoms with Crippen LogP contribution < -0.4 is 0 Å². The molecule has 1 unspecified atom stereocenters. The fraction of sp³-hybridized carbons (Fsp3) is 0.250. The molecular weight excluding hydrogens is 366 g/mol. The number of phenols is 1. The summed E-state index contributed by atoms with van der Waals surface area (Å²) in [6.07, 6.45) is 1.54. The number of nitrogens with zero attached hydrogens (tertiary/aromatic N) is 1. The minimum atomic E-state index is -3.89. The van der Waals surface area contributed by atoms with E-state index in [1.807, 2.05) is 6.92 Å². The van der Waals surface area contributed by atoms with Crippen molar-refractivity contribution in [1.82, 2.24) is 4.31 Å². The monoisotopic (exact) mass is 387 g/mol. The lowest BCUT2D eigenvalue weighted by atomic mass is 10.00. The summed E-state index contributed by atoms with van der Waals surface area (Å²) in [5, 5.41) is 10.3. The Balaban J connectivity index is 2.08. The number of benzene rings is 2. The van der Waals surface area contributed by atoms with Gasteiger partial charge in [0.25, 0.3) is 0 Å². The lowest BCUT2D eigenvalue weighted by Crippen LogP contribution is -2.33. The van der Waals surface area contributed by atoms with Gasteiger partial charge in [-0.05, 0) is 32.0 Å². The van der Waals surface area contributed by atoms with Gasteiger partial charge in [-0.2, -0.15) is 4.31 Å². The van der Waals surface area contributed by atoms with Crippen molar-refractivity contribution in [2.45, 2.75) is 24.8 Å². The second kappa shape index (κ2) is 7.54. The zero-order chi connectivity index (χ0) is 19.6. The van der Waals surface area contributed by atoms with Crippen LogP contribution in [-0.4, -0.2) is 37.0 Å². The van der Waals surface area contributed by atoms with Gasteiger partial charge in [0.1, 0.15) is 5.75 Å². The zero-order valence-corrected chi connectivity index (χ0v) is 15.9. The predicted octanol–water partition coefficient (Wildman–Crippen LogP) is 2.94. The van der Waals surface area contributed by atoms with E-state index < -0.39 is 22.0 Å². The maximum absolute atomic E-state index is 13.2. The van der Waals surface area contributed by atoms with Crippen molar-refractivity contribution < 1.29 is 23.1 Å². The van der Waals surface area contributed by atoms with E-state index in [0.29, 0.717) is 5.56 Å². The number of carbonyl (C=O) groups is 1. The highest BCUT2D eigenvalue weighted by Gasteiger charge is 2.42. The topological polar surface area (TPSA) is 83.9 Å². The van der Waals surface area contributed by atoms with Gasteiger partial charge in [-0.1, -0.05) is 42.0 Å². The van der Waals surface area contributed by atoms with Crippen molar-refractivity contribution in [1.29, 1.82) is 0 Å². The minimum absolute atomic E-state index is 0.0172. The fourth-order valence-corrected chi connectivity index (χ4v) is 4.62. The average molecular weight is 387 g/mol. The van der Waals surface area contributed by atoms with Crippen molar-refractivity contribution in [3.05, 3.63) is 71.3 Å². The Morgan fingerprint density at radius 3 is 2.48 bits per heavy atom. The van der Waals surface area contributed by atoms with Gasteiger partial charge in [-0.25, -0.2) is 13.2 Å². The zero-order valence-electron chi connectivity index (χ0n) is 15.1. The van der Waals surface area contributed by atoms with Gasteiger partial charge >= 0.3 is 5.97 Å². The van der Waals surface area contributed by atoms with E-state index in [1.165, 1.54) is 22.5 Å². The molecule has 2 aromatic rings. The second-order valence-corrected chi connectivity index (χ2v) is 8.12. The lowest BCUT2D eigenvalue weighted by molar-refractivity contribution is -0.138. The third-order valence-corrected chi connectivity index (χ3v) is 6.29. The van der Waals surface area contributed by atoms with Crippen LogP contribution in [0.25, 0.3) is 0 Å². The molecule has 0 amide bonds. The molecule has 0 saturated heterocycles. The first-order chi connectivity index (χ1) is 12.9. The first kappa shape index (κ1) is 19.1. The van der Waals surface area contributed by atoms with E-state index in [-0.39, 0.29) is 29.4 Å². The first-order valence-electron chi connectivity index (χ1n) is 8.60.